The molecule has 0 atom stereocenters. The summed E-state index contributed by atoms with van der Waals surface area (Å²) in [7, 11) is 0. The van der Waals surface area contributed by atoms with E-state index in [-0.39, 0.29) is 22.3 Å². The number of aromatic amines is 1. The van der Waals surface area contributed by atoms with Crippen LogP contribution < -0.4 is 0 Å². The smallest absolute Gasteiger partial charge is 0.134 e. The number of nitrogens with zero attached hydrogens (tertiary/aromatic N) is 5. The average Bonchev–Trinajstić information content (AvgIpc) is 3.93. The highest BCUT2D eigenvalue weighted by molar-refractivity contribution is 6.23. The van der Waals surface area contributed by atoms with Crippen molar-refractivity contribution in [2.45, 2.75) is 52.4 Å². The zero-order valence-corrected chi connectivity index (χ0v) is 34.8. The van der Waals surface area contributed by atoms with Crippen LogP contribution in [0.5, 0.6) is 11.5 Å². The maximum absolute atomic E-state index is 12.4. The van der Waals surface area contributed by atoms with E-state index in [0.717, 1.165) is 60.8 Å². The van der Waals surface area contributed by atoms with E-state index < -0.39 is 0 Å². The van der Waals surface area contributed by atoms with E-state index in [1.54, 1.807) is 0 Å². The number of aromatic nitrogens is 6. The molecule has 0 radical (unpaired) electrons. The molecule has 5 aromatic carbocycles. The third kappa shape index (κ3) is 5.85. The van der Waals surface area contributed by atoms with Crippen LogP contribution in [-0.2, 0) is 10.8 Å². The summed E-state index contributed by atoms with van der Waals surface area (Å²) in [5, 5.41) is 28.8. The molecular weight excluding hydrogens is 753 g/mol. The van der Waals surface area contributed by atoms with E-state index in [9.17, 15) is 10.2 Å². The van der Waals surface area contributed by atoms with Crippen molar-refractivity contribution in [1.29, 1.82) is 0 Å². The molecule has 8 heteroatoms. The minimum absolute atomic E-state index is 0.0889. The Morgan fingerprint density at radius 2 is 0.869 bits per heavy atom. The van der Waals surface area contributed by atoms with Gasteiger partial charge in [0.15, 0.2) is 0 Å². The summed E-state index contributed by atoms with van der Waals surface area (Å²) in [6.45, 7) is 13.0. The van der Waals surface area contributed by atoms with E-state index in [0.29, 0.717) is 60.3 Å². The van der Waals surface area contributed by atoms with E-state index in [1.165, 1.54) is 0 Å². The van der Waals surface area contributed by atoms with Gasteiger partial charge in [-0.3, -0.25) is 0 Å². The molecule has 0 spiro atoms. The molecule has 1 aliphatic heterocycles. The lowest BCUT2D eigenvalue weighted by Gasteiger charge is -2.20. The highest BCUT2D eigenvalue weighted by atomic mass is 16.3. The number of nitrogens with one attached hydrogen (secondary N) is 1. The molecule has 10 aromatic rings. The van der Waals surface area contributed by atoms with Crippen molar-refractivity contribution in [3.8, 4) is 22.6 Å². The molecule has 61 heavy (non-hydrogen) atoms. The third-order valence-corrected chi connectivity index (χ3v) is 12.1. The largest absolute Gasteiger partial charge is 0.507 e. The Bertz CT molecular complexity index is 3690. The Labute approximate surface area is 351 Å². The highest BCUT2D eigenvalue weighted by Crippen LogP contribution is 2.41. The van der Waals surface area contributed by atoms with Gasteiger partial charge in [-0.1, -0.05) is 84.0 Å². The first kappa shape index (κ1) is 36.6. The molecule has 0 saturated carbocycles. The molecule has 0 aliphatic carbocycles. The second-order valence-corrected chi connectivity index (χ2v) is 18.2. The molecule has 0 fully saturated rings. The van der Waals surface area contributed by atoms with Gasteiger partial charge in [0.1, 0.15) is 11.5 Å². The Morgan fingerprint density at radius 1 is 0.410 bits per heavy atom. The first-order valence-corrected chi connectivity index (χ1v) is 20.6. The molecule has 3 N–H and O–H groups in total. The van der Waals surface area contributed by atoms with E-state index >= 15 is 0 Å². The summed E-state index contributed by atoms with van der Waals surface area (Å²) in [5.74, 6) is 0.201. The second kappa shape index (κ2) is 13.0. The number of rotatable bonds is 1. The van der Waals surface area contributed by atoms with Crippen molar-refractivity contribution in [3.05, 3.63) is 138 Å². The van der Waals surface area contributed by atoms with Gasteiger partial charge in [-0.2, -0.15) is 0 Å². The van der Waals surface area contributed by atoms with E-state index in [2.05, 4.69) is 64.7 Å². The van der Waals surface area contributed by atoms with Gasteiger partial charge in [0.25, 0.3) is 0 Å². The van der Waals surface area contributed by atoms with E-state index in [1.807, 2.05) is 109 Å². The van der Waals surface area contributed by atoms with Crippen molar-refractivity contribution in [3.63, 3.8) is 0 Å². The predicted molar refractivity (Wildman–Crippen MR) is 251 cm³/mol. The van der Waals surface area contributed by atoms with Crippen molar-refractivity contribution < 1.29 is 10.2 Å². The molecule has 12 bridgehead atoms. The van der Waals surface area contributed by atoms with Crippen LogP contribution in [0.2, 0.25) is 0 Å². The van der Waals surface area contributed by atoms with Gasteiger partial charge in [0.05, 0.1) is 55.5 Å². The van der Waals surface area contributed by atoms with Gasteiger partial charge in [-0.15, -0.1) is 0 Å². The fraction of sp³-hybridized carbons (Fsp3) is 0.151. The van der Waals surface area contributed by atoms with Crippen LogP contribution in [0.1, 0.15) is 64.1 Å². The number of fused-ring (bicyclic) bond motifs is 18. The van der Waals surface area contributed by atoms with Crippen LogP contribution in [0.4, 0.5) is 0 Å². The molecule has 0 amide bonds. The summed E-state index contributed by atoms with van der Waals surface area (Å²) >= 11 is 0. The third-order valence-electron chi connectivity index (χ3n) is 12.1. The number of H-pyrrole nitrogens is 1. The molecule has 296 valence electrons. The lowest BCUT2D eigenvalue weighted by Crippen LogP contribution is -2.10. The predicted octanol–water partition coefficient (Wildman–Crippen LogP) is 13.1. The zero-order valence-electron chi connectivity index (χ0n) is 34.8. The van der Waals surface area contributed by atoms with Crippen LogP contribution in [-0.4, -0.2) is 40.1 Å². The Kier molecular flexibility index (Phi) is 7.82. The lowest BCUT2D eigenvalue weighted by molar-refractivity contribution is 0.486. The summed E-state index contributed by atoms with van der Waals surface area (Å²) in [6.07, 6.45) is 3.98. The zero-order chi connectivity index (χ0) is 41.9. The van der Waals surface area contributed by atoms with Gasteiger partial charge < -0.3 is 15.2 Å². The van der Waals surface area contributed by atoms with Gasteiger partial charge in [-0.25, -0.2) is 24.9 Å². The number of hydrogen-bond acceptors (Lipinski definition) is 7. The maximum atomic E-state index is 12.4. The fourth-order valence-electron chi connectivity index (χ4n) is 8.66. The molecule has 0 unspecified atom stereocenters. The molecule has 0 saturated heterocycles. The van der Waals surface area contributed by atoms with Crippen molar-refractivity contribution in [2.75, 3.05) is 0 Å². The molecule has 11 rings (SSSR count). The van der Waals surface area contributed by atoms with Crippen LogP contribution >= 0.6 is 0 Å². The topological polar surface area (TPSA) is 121 Å². The van der Waals surface area contributed by atoms with E-state index in [4.69, 9.17) is 24.9 Å². The first-order chi connectivity index (χ1) is 29.3. The quantitative estimate of drug-likeness (QED) is 0.112. The Balaban J connectivity index is 1.41. The van der Waals surface area contributed by atoms with Crippen LogP contribution in [0.15, 0.2) is 115 Å². The minimum Gasteiger partial charge on any atom is -0.507 e. The van der Waals surface area contributed by atoms with Crippen LogP contribution in [0.3, 0.4) is 0 Å². The summed E-state index contributed by atoms with van der Waals surface area (Å²) in [4.78, 5) is 30.0. The van der Waals surface area contributed by atoms with Gasteiger partial charge in [0.2, 0.25) is 0 Å². The number of para-hydroxylation sites is 2. The number of phenolic OH excluding ortho intramolecular Hbond substituents is 2. The first-order valence-electron chi connectivity index (χ1n) is 20.6. The number of pyridine rings is 2. The van der Waals surface area contributed by atoms with Crippen molar-refractivity contribution in [2.24, 2.45) is 0 Å². The SMILES string of the molecule is CC(C)(C)c1cc2c3nc(c(-c4ccccc4)c4ccc([nH]4)c4cc(C(C)(C)C)cc(c4O)c4ccc5c6nc7ccccc7nc6c6ccc(nc6c5n4)c(c1)c2O)C=C3. The number of phenols is 2. The summed E-state index contributed by atoms with van der Waals surface area (Å²) in [5.41, 5.74) is 11.8. The van der Waals surface area contributed by atoms with Gasteiger partial charge in [0, 0.05) is 48.9 Å². The average molecular weight is 795 g/mol. The van der Waals surface area contributed by atoms with Crippen molar-refractivity contribution in [1.82, 2.24) is 29.9 Å². The number of hydrogen-bond donors (Lipinski definition) is 3. The molecule has 1 aliphatic rings. The Morgan fingerprint density at radius 3 is 1.43 bits per heavy atom. The van der Waals surface area contributed by atoms with Crippen molar-refractivity contribution >= 4 is 99.6 Å². The van der Waals surface area contributed by atoms with Crippen LogP contribution in [0.25, 0.3) is 111 Å². The normalized spacial score (nSPS) is 12.8. The second-order valence-electron chi connectivity index (χ2n) is 18.2. The minimum atomic E-state index is -0.266. The summed E-state index contributed by atoms with van der Waals surface area (Å²) in [6, 6.07) is 38.2. The monoisotopic (exact) mass is 794 g/mol. The van der Waals surface area contributed by atoms with Gasteiger partial charge >= 0.3 is 0 Å². The Hall–Kier alpha value is -7.45. The van der Waals surface area contributed by atoms with Crippen LogP contribution in [0, 0.1) is 0 Å². The number of benzene rings is 5. The molecule has 8 nitrogen and oxygen atoms in total. The highest BCUT2D eigenvalue weighted by Gasteiger charge is 2.22. The summed E-state index contributed by atoms with van der Waals surface area (Å²) < 4.78 is 0. The standard InChI is InChI=1S/C53H42N6O2/c1-52(2,3)29-24-33-37-20-22-43(54-37)45(28-12-8-7-9-13-28)44-23-21-38(55-44)34-25-30(53(4,5)6)27-36(51(34)61)40-19-17-32-47(57-40)46-31(16-18-39(56-46)35(26-29)50(33)60)48-49(32)59-42-15-11-10-14-41(42)58-48/h7-27,54,60-61H,1-6H3. The lowest BCUT2D eigenvalue weighted by atomic mass is 9.85. The molecular formula is C53H42N6O2. The molecule has 6 heterocycles. The maximum Gasteiger partial charge on any atom is 0.134 e. The number of aromatic hydroxyl groups is 2. The fourth-order valence-corrected chi connectivity index (χ4v) is 8.66. The molecule has 5 aromatic heterocycles. The van der Waals surface area contributed by atoms with Gasteiger partial charge in [-0.05, 0) is 112 Å².